The number of carbonyl (C=O) groups excluding carboxylic acids is 1. The van der Waals surface area contributed by atoms with Crippen molar-refractivity contribution in [2.24, 2.45) is 0 Å². The first-order valence-electron chi connectivity index (χ1n) is 9.06. The molecule has 0 saturated carbocycles. The van der Waals surface area contributed by atoms with Gasteiger partial charge in [-0.2, -0.15) is 4.31 Å². The van der Waals surface area contributed by atoms with E-state index in [0.717, 1.165) is 28.7 Å². The lowest BCUT2D eigenvalue weighted by Gasteiger charge is -2.33. The number of piperazine rings is 1. The summed E-state index contributed by atoms with van der Waals surface area (Å²) in [5.74, 6) is 0.349. The number of benzene rings is 1. The summed E-state index contributed by atoms with van der Waals surface area (Å²) in [7, 11) is -3.15. The lowest BCUT2D eigenvalue weighted by Crippen LogP contribution is -2.50. The summed E-state index contributed by atoms with van der Waals surface area (Å²) < 4.78 is 26.1. The lowest BCUT2D eigenvalue weighted by molar-refractivity contribution is 0.0900. The van der Waals surface area contributed by atoms with Crippen LogP contribution in [-0.2, 0) is 10.0 Å². The van der Waals surface area contributed by atoms with Crippen molar-refractivity contribution in [1.82, 2.24) is 9.21 Å². The summed E-state index contributed by atoms with van der Waals surface area (Å²) in [4.78, 5) is 14.8. The third kappa shape index (κ3) is 5.12. The molecule has 1 aromatic carbocycles. The van der Waals surface area contributed by atoms with E-state index in [1.807, 2.05) is 39.8 Å². The molecule has 1 aliphatic heterocycles. The molecule has 5 nitrogen and oxygen atoms in total. The third-order valence-corrected chi connectivity index (χ3v) is 6.76. The first-order chi connectivity index (χ1) is 11.7. The van der Waals surface area contributed by atoms with E-state index in [0.29, 0.717) is 39.1 Å². The second kappa shape index (κ2) is 8.43. The second-order valence-electron chi connectivity index (χ2n) is 7.04. The van der Waals surface area contributed by atoms with Crippen LogP contribution in [0.2, 0.25) is 0 Å². The molecule has 6 heteroatoms. The summed E-state index contributed by atoms with van der Waals surface area (Å²) >= 11 is 0. The van der Waals surface area contributed by atoms with Crippen molar-refractivity contribution in [1.29, 1.82) is 0 Å². The van der Waals surface area contributed by atoms with Crippen LogP contribution in [0.25, 0.3) is 0 Å². The molecule has 25 heavy (non-hydrogen) atoms. The lowest BCUT2D eigenvalue weighted by atomic mass is 9.96. The van der Waals surface area contributed by atoms with E-state index in [-0.39, 0.29) is 11.5 Å². The van der Waals surface area contributed by atoms with Gasteiger partial charge in [0.05, 0.1) is 12.3 Å². The van der Waals surface area contributed by atoms with Gasteiger partial charge in [-0.1, -0.05) is 31.0 Å². The minimum atomic E-state index is -3.15. The summed E-state index contributed by atoms with van der Waals surface area (Å²) in [6.07, 6.45) is 1.58. The fourth-order valence-corrected chi connectivity index (χ4v) is 5.15. The van der Waals surface area contributed by atoms with Gasteiger partial charge in [-0.05, 0) is 38.3 Å². The van der Waals surface area contributed by atoms with Crippen LogP contribution in [0.4, 0.5) is 0 Å². The minimum absolute atomic E-state index is 0.122. The molecular weight excluding hydrogens is 336 g/mol. The minimum Gasteiger partial charge on any atom is -0.293 e. The van der Waals surface area contributed by atoms with Gasteiger partial charge in [0.2, 0.25) is 10.0 Å². The van der Waals surface area contributed by atoms with Crippen LogP contribution in [0.15, 0.2) is 12.1 Å². The third-order valence-electron chi connectivity index (χ3n) is 4.80. The molecule has 1 fully saturated rings. The highest BCUT2D eigenvalue weighted by Crippen LogP contribution is 2.18. The van der Waals surface area contributed by atoms with Crippen LogP contribution >= 0.6 is 0 Å². The second-order valence-corrected chi connectivity index (χ2v) is 9.13. The molecule has 0 atom stereocenters. The highest BCUT2D eigenvalue weighted by molar-refractivity contribution is 7.89. The molecule has 0 amide bonds. The van der Waals surface area contributed by atoms with Crippen LogP contribution < -0.4 is 0 Å². The molecule has 0 aliphatic carbocycles. The molecule has 140 valence electrons. The van der Waals surface area contributed by atoms with Crippen LogP contribution in [0.1, 0.15) is 46.8 Å². The number of hydrogen-bond donors (Lipinski definition) is 0. The Kier molecular flexibility index (Phi) is 6.77. The zero-order valence-corrected chi connectivity index (χ0v) is 16.7. The Labute approximate surface area is 152 Å². The molecule has 2 rings (SSSR count). The Bertz CT molecular complexity index is 697. The Morgan fingerprint density at radius 2 is 1.60 bits per heavy atom. The molecule has 0 radical (unpaired) electrons. The van der Waals surface area contributed by atoms with Gasteiger partial charge in [0.15, 0.2) is 5.78 Å². The number of aryl methyl sites for hydroxylation is 3. The molecule has 1 saturated heterocycles. The number of ketones is 1. The van der Waals surface area contributed by atoms with Gasteiger partial charge < -0.3 is 0 Å². The van der Waals surface area contributed by atoms with Crippen molar-refractivity contribution in [2.75, 3.05) is 38.5 Å². The average molecular weight is 367 g/mol. The molecule has 0 spiro atoms. The van der Waals surface area contributed by atoms with Gasteiger partial charge in [-0.3, -0.25) is 9.69 Å². The van der Waals surface area contributed by atoms with Gasteiger partial charge in [0.1, 0.15) is 0 Å². The monoisotopic (exact) mass is 366 g/mol. The van der Waals surface area contributed by atoms with E-state index in [2.05, 4.69) is 4.90 Å². The average Bonchev–Trinajstić information content (AvgIpc) is 2.52. The predicted molar refractivity (Wildman–Crippen MR) is 102 cm³/mol. The van der Waals surface area contributed by atoms with Crippen molar-refractivity contribution in [2.45, 2.75) is 40.5 Å². The number of rotatable bonds is 7. The van der Waals surface area contributed by atoms with Gasteiger partial charge in [-0.25, -0.2) is 8.42 Å². The highest BCUT2D eigenvalue weighted by atomic mass is 32.2. The maximum Gasteiger partial charge on any atom is 0.214 e. The van der Waals surface area contributed by atoms with Gasteiger partial charge in [0, 0.05) is 31.7 Å². The van der Waals surface area contributed by atoms with Crippen molar-refractivity contribution in [3.05, 3.63) is 34.4 Å². The number of unbranched alkanes of at least 4 members (excludes halogenated alkanes) is 1. The fraction of sp³-hybridized carbons (Fsp3) is 0.632. The molecule has 1 heterocycles. The standard InChI is InChI=1S/C19H30N2O3S/c1-5-6-11-25(23,24)21-9-7-20(8-10-21)14-18(22)19-16(3)12-15(2)13-17(19)4/h12-13H,5-11,14H2,1-4H3. The Morgan fingerprint density at radius 3 is 2.12 bits per heavy atom. The molecular formula is C19H30N2O3S. The Morgan fingerprint density at radius 1 is 1.04 bits per heavy atom. The summed E-state index contributed by atoms with van der Waals surface area (Å²) in [5, 5.41) is 0. The first kappa shape index (κ1) is 20.1. The van der Waals surface area contributed by atoms with Crippen LogP contribution in [0.3, 0.4) is 0 Å². The van der Waals surface area contributed by atoms with E-state index in [1.54, 1.807) is 4.31 Å². The van der Waals surface area contributed by atoms with Gasteiger partial charge in [0.25, 0.3) is 0 Å². The quantitative estimate of drug-likeness (QED) is 0.696. The number of Topliss-reactive ketones (excluding diaryl/α,β-unsaturated/α-hetero) is 1. The van der Waals surface area contributed by atoms with Crippen molar-refractivity contribution in [3.63, 3.8) is 0 Å². The van der Waals surface area contributed by atoms with Crippen molar-refractivity contribution < 1.29 is 13.2 Å². The summed E-state index contributed by atoms with van der Waals surface area (Å²) in [5.41, 5.74) is 4.01. The smallest absolute Gasteiger partial charge is 0.214 e. The highest BCUT2D eigenvalue weighted by Gasteiger charge is 2.27. The molecule has 0 N–H and O–H groups in total. The van der Waals surface area contributed by atoms with Crippen molar-refractivity contribution >= 4 is 15.8 Å². The van der Waals surface area contributed by atoms with Crippen molar-refractivity contribution in [3.8, 4) is 0 Å². The zero-order chi connectivity index (χ0) is 18.6. The largest absolute Gasteiger partial charge is 0.293 e. The fourth-order valence-electron chi connectivity index (χ4n) is 3.52. The van der Waals surface area contributed by atoms with Crippen LogP contribution in [-0.4, -0.2) is 61.9 Å². The van der Waals surface area contributed by atoms with E-state index in [9.17, 15) is 13.2 Å². The van der Waals surface area contributed by atoms with E-state index >= 15 is 0 Å². The van der Waals surface area contributed by atoms with Gasteiger partial charge >= 0.3 is 0 Å². The Hall–Kier alpha value is -1.24. The first-order valence-corrected chi connectivity index (χ1v) is 10.7. The molecule has 0 bridgehead atoms. The maximum atomic E-state index is 12.7. The zero-order valence-electron chi connectivity index (χ0n) is 15.8. The molecule has 1 aliphatic rings. The summed E-state index contributed by atoms with van der Waals surface area (Å²) in [6.45, 7) is 10.5. The van der Waals surface area contributed by atoms with Crippen LogP contribution in [0.5, 0.6) is 0 Å². The molecule has 0 unspecified atom stereocenters. The SMILES string of the molecule is CCCCS(=O)(=O)N1CCN(CC(=O)c2c(C)cc(C)cc2C)CC1. The number of sulfonamides is 1. The van der Waals surface area contributed by atoms with Crippen LogP contribution in [0, 0.1) is 20.8 Å². The summed E-state index contributed by atoms with van der Waals surface area (Å²) in [6, 6.07) is 4.08. The van der Waals surface area contributed by atoms with E-state index in [1.165, 1.54) is 0 Å². The number of carbonyl (C=O) groups is 1. The van der Waals surface area contributed by atoms with E-state index in [4.69, 9.17) is 0 Å². The topological polar surface area (TPSA) is 57.7 Å². The normalized spacial score (nSPS) is 17.0. The van der Waals surface area contributed by atoms with E-state index < -0.39 is 10.0 Å². The Balaban J connectivity index is 1.95. The maximum absolute atomic E-state index is 12.7. The predicted octanol–water partition coefficient (Wildman–Crippen LogP) is 2.54. The molecule has 0 aromatic heterocycles. The molecule has 1 aromatic rings. The number of hydrogen-bond acceptors (Lipinski definition) is 4. The number of nitrogens with zero attached hydrogens (tertiary/aromatic N) is 2. The van der Waals surface area contributed by atoms with Gasteiger partial charge in [-0.15, -0.1) is 0 Å².